The number of carboxylic acids is 1. The normalized spacial score (nSPS) is 25.5. The Balaban J connectivity index is 2.33. The van der Waals surface area contributed by atoms with E-state index in [1.807, 2.05) is 24.3 Å². The van der Waals surface area contributed by atoms with E-state index in [1.165, 1.54) is 0 Å². The molecule has 0 radical (unpaired) electrons. The van der Waals surface area contributed by atoms with E-state index in [9.17, 15) is 4.79 Å². The topological polar surface area (TPSA) is 63.3 Å². The van der Waals surface area contributed by atoms with Gasteiger partial charge < -0.3 is 10.8 Å². The molecule has 0 aromatic heterocycles. The Kier molecular flexibility index (Phi) is 2.25. The van der Waals surface area contributed by atoms with Crippen LogP contribution in [-0.4, -0.2) is 11.1 Å². The highest BCUT2D eigenvalue weighted by molar-refractivity contribution is 5.71. The van der Waals surface area contributed by atoms with E-state index in [4.69, 9.17) is 10.8 Å². The van der Waals surface area contributed by atoms with E-state index in [2.05, 4.69) is 0 Å². The van der Waals surface area contributed by atoms with Crippen LogP contribution in [0.2, 0.25) is 0 Å². The van der Waals surface area contributed by atoms with Gasteiger partial charge >= 0.3 is 5.97 Å². The van der Waals surface area contributed by atoms with Crippen LogP contribution in [0.15, 0.2) is 24.3 Å². The standard InChI is InChI=1S/C11H13NO2/c12-10-6-8(11(13)14)5-7-3-1-2-4-9(7)10/h1-4,8,10H,5-6,12H2,(H,13,14)/t8-,10-/m0/s1. The molecule has 2 atom stereocenters. The Hall–Kier alpha value is -1.35. The molecule has 74 valence electrons. The summed E-state index contributed by atoms with van der Waals surface area (Å²) in [5.41, 5.74) is 8.10. The SMILES string of the molecule is N[C@H]1C[C@@H](C(=O)O)Cc2ccccc21. The van der Waals surface area contributed by atoms with Gasteiger partial charge in [0.25, 0.3) is 0 Å². The molecule has 14 heavy (non-hydrogen) atoms. The van der Waals surface area contributed by atoms with Crippen molar-refractivity contribution in [1.82, 2.24) is 0 Å². The van der Waals surface area contributed by atoms with Crippen molar-refractivity contribution in [3.05, 3.63) is 35.4 Å². The van der Waals surface area contributed by atoms with Crippen molar-refractivity contribution in [2.24, 2.45) is 11.7 Å². The van der Waals surface area contributed by atoms with E-state index in [1.54, 1.807) is 0 Å². The summed E-state index contributed by atoms with van der Waals surface area (Å²) in [5, 5.41) is 8.93. The number of nitrogens with two attached hydrogens (primary N) is 1. The second-order valence-electron chi connectivity index (χ2n) is 3.78. The van der Waals surface area contributed by atoms with Crippen molar-refractivity contribution >= 4 is 5.97 Å². The molecular weight excluding hydrogens is 178 g/mol. The van der Waals surface area contributed by atoms with Crippen molar-refractivity contribution < 1.29 is 9.90 Å². The molecule has 3 nitrogen and oxygen atoms in total. The molecule has 1 aliphatic rings. The van der Waals surface area contributed by atoms with Crippen molar-refractivity contribution in [1.29, 1.82) is 0 Å². The Morgan fingerprint density at radius 1 is 1.43 bits per heavy atom. The predicted octanol–water partition coefficient (Wildman–Crippen LogP) is 1.33. The van der Waals surface area contributed by atoms with Gasteiger partial charge in [0.05, 0.1) is 5.92 Å². The highest BCUT2D eigenvalue weighted by Crippen LogP contribution is 2.31. The minimum absolute atomic E-state index is 0.124. The molecule has 0 saturated carbocycles. The second kappa shape index (κ2) is 3.42. The number of hydrogen-bond donors (Lipinski definition) is 2. The quantitative estimate of drug-likeness (QED) is 0.704. The summed E-state index contributed by atoms with van der Waals surface area (Å²) in [6.45, 7) is 0. The third-order valence-electron chi connectivity index (χ3n) is 2.81. The zero-order valence-corrected chi connectivity index (χ0v) is 7.81. The monoisotopic (exact) mass is 191 g/mol. The molecule has 3 N–H and O–H groups in total. The first-order valence-corrected chi connectivity index (χ1v) is 4.74. The van der Waals surface area contributed by atoms with Gasteiger partial charge in [-0.05, 0) is 24.0 Å². The van der Waals surface area contributed by atoms with Crippen LogP contribution in [0.5, 0.6) is 0 Å². The summed E-state index contributed by atoms with van der Waals surface area (Å²) in [5.74, 6) is -1.06. The number of hydrogen-bond acceptors (Lipinski definition) is 2. The van der Waals surface area contributed by atoms with Gasteiger partial charge in [0, 0.05) is 6.04 Å². The molecule has 0 spiro atoms. The third kappa shape index (κ3) is 1.51. The average Bonchev–Trinajstić information content (AvgIpc) is 2.17. The van der Waals surface area contributed by atoms with E-state index in [0.29, 0.717) is 12.8 Å². The van der Waals surface area contributed by atoms with Crippen LogP contribution in [0.4, 0.5) is 0 Å². The zero-order chi connectivity index (χ0) is 10.1. The van der Waals surface area contributed by atoms with Crippen molar-refractivity contribution in [3.63, 3.8) is 0 Å². The highest BCUT2D eigenvalue weighted by Gasteiger charge is 2.28. The van der Waals surface area contributed by atoms with Gasteiger partial charge in [-0.1, -0.05) is 24.3 Å². The van der Waals surface area contributed by atoms with E-state index in [-0.39, 0.29) is 12.0 Å². The van der Waals surface area contributed by atoms with Gasteiger partial charge in [0.1, 0.15) is 0 Å². The summed E-state index contributed by atoms with van der Waals surface area (Å²) in [6, 6.07) is 7.69. The molecule has 0 aliphatic heterocycles. The van der Waals surface area contributed by atoms with E-state index >= 15 is 0 Å². The summed E-state index contributed by atoms with van der Waals surface area (Å²) >= 11 is 0. The molecule has 0 saturated heterocycles. The number of carbonyl (C=O) groups is 1. The molecule has 0 amide bonds. The summed E-state index contributed by atoms with van der Waals surface area (Å²) < 4.78 is 0. The number of benzene rings is 1. The Labute approximate surface area is 82.5 Å². The molecule has 2 rings (SSSR count). The first kappa shape index (κ1) is 9.21. The van der Waals surface area contributed by atoms with Crippen molar-refractivity contribution in [2.45, 2.75) is 18.9 Å². The van der Waals surface area contributed by atoms with Gasteiger partial charge in [0.2, 0.25) is 0 Å². The number of aliphatic carboxylic acids is 1. The van der Waals surface area contributed by atoms with E-state index in [0.717, 1.165) is 11.1 Å². The molecular formula is C11H13NO2. The summed E-state index contributed by atoms with van der Waals surface area (Å²) in [4.78, 5) is 10.9. The van der Waals surface area contributed by atoms with E-state index < -0.39 is 5.97 Å². The van der Waals surface area contributed by atoms with Crippen LogP contribution in [0.3, 0.4) is 0 Å². The lowest BCUT2D eigenvalue weighted by Crippen LogP contribution is -2.28. The first-order valence-electron chi connectivity index (χ1n) is 4.74. The fourth-order valence-electron chi connectivity index (χ4n) is 2.05. The van der Waals surface area contributed by atoms with Crippen LogP contribution in [-0.2, 0) is 11.2 Å². The maximum Gasteiger partial charge on any atom is 0.306 e. The molecule has 0 fully saturated rings. The molecule has 1 aromatic carbocycles. The smallest absolute Gasteiger partial charge is 0.306 e. The maximum absolute atomic E-state index is 10.9. The lowest BCUT2D eigenvalue weighted by atomic mass is 9.81. The lowest BCUT2D eigenvalue weighted by Gasteiger charge is -2.26. The Morgan fingerprint density at radius 2 is 2.14 bits per heavy atom. The fraction of sp³-hybridized carbons (Fsp3) is 0.364. The highest BCUT2D eigenvalue weighted by atomic mass is 16.4. The van der Waals surface area contributed by atoms with Crippen LogP contribution < -0.4 is 5.73 Å². The molecule has 0 heterocycles. The van der Waals surface area contributed by atoms with Gasteiger partial charge in [-0.25, -0.2) is 0 Å². The second-order valence-corrected chi connectivity index (χ2v) is 3.78. The van der Waals surface area contributed by atoms with Crippen molar-refractivity contribution in [2.75, 3.05) is 0 Å². The van der Waals surface area contributed by atoms with Gasteiger partial charge in [-0.3, -0.25) is 4.79 Å². The summed E-state index contributed by atoms with van der Waals surface area (Å²) in [6.07, 6.45) is 1.16. The average molecular weight is 191 g/mol. The number of carboxylic acid groups (broad SMARTS) is 1. The molecule has 1 aliphatic carbocycles. The van der Waals surface area contributed by atoms with Crippen LogP contribution in [0.25, 0.3) is 0 Å². The minimum Gasteiger partial charge on any atom is -0.481 e. The van der Waals surface area contributed by atoms with Crippen LogP contribution in [0.1, 0.15) is 23.6 Å². The van der Waals surface area contributed by atoms with Gasteiger partial charge in [-0.15, -0.1) is 0 Å². The molecule has 0 unspecified atom stereocenters. The maximum atomic E-state index is 10.9. The number of rotatable bonds is 1. The number of fused-ring (bicyclic) bond motifs is 1. The minimum atomic E-state index is -0.741. The third-order valence-corrected chi connectivity index (χ3v) is 2.81. The molecule has 3 heteroatoms. The lowest BCUT2D eigenvalue weighted by molar-refractivity contribution is -0.142. The Morgan fingerprint density at radius 3 is 2.86 bits per heavy atom. The zero-order valence-electron chi connectivity index (χ0n) is 7.81. The first-order chi connectivity index (χ1) is 6.68. The summed E-state index contributed by atoms with van der Waals surface area (Å²) in [7, 11) is 0. The van der Waals surface area contributed by atoms with Crippen molar-refractivity contribution in [3.8, 4) is 0 Å². The largest absolute Gasteiger partial charge is 0.481 e. The predicted molar refractivity (Wildman–Crippen MR) is 52.8 cm³/mol. The Bertz CT molecular complexity index is 362. The fourth-order valence-corrected chi connectivity index (χ4v) is 2.05. The molecule has 1 aromatic rings. The van der Waals surface area contributed by atoms with Gasteiger partial charge in [0.15, 0.2) is 0 Å². The molecule has 0 bridgehead atoms. The van der Waals surface area contributed by atoms with Crippen LogP contribution in [0, 0.1) is 5.92 Å². The van der Waals surface area contributed by atoms with Gasteiger partial charge in [-0.2, -0.15) is 0 Å². The van der Waals surface area contributed by atoms with Crippen LogP contribution >= 0.6 is 0 Å².